The van der Waals surface area contributed by atoms with Crippen LogP contribution in [0, 0.1) is 13.8 Å². The summed E-state index contributed by atoms with van der Waals surface area (Å²) in [6.07, 6.45) is 3.95. The third kappa shape index (κ3) is 2.70. The molecule has 0 fully saturated rings. The van der Waals surface area contributed by atoms with Gasteiger partial charge in [0.25, 0.3) is 0 Å². The Hall–Kier alpha value is -1.81. The molecule has 4 heteroatoms. The summed E-state index contributed by atoms with van der Waals surface area (Å²) in [6, 6.07) is 4.23. The van der Waals surface area contributed by atoms with Gasteiger partial charge in [0.2, 0.25) is 0 Å². The topological polar surface area (TPSA) is 57.2 Å². The third-order valence-electron chi connectivity index (χ3n) is 3.69. The van der Waals surface area contributed by atoms with Gasteiger partial charge in [0.15, 0.2) is 0 Å². The van der Waals surface area contributed by atoms with Gasteiger partial charge in [-0.25, -0.2) is 0 Å². The predicted molar refractivity (Wildman–Crippen MR) is 80.8 cm³/mol. The van der Waals surface area contributed by atoms with E-state index in [0.717, 1.165) is 18.4 Å². The number of carbonyl (C=O) groups is 1. The number of hydrogen-bond donors (Lipinski definition) is 1. The van der Waals surface area contributed by atoms with Crippen LogP contribution in [0.3, 0.4) is 0 Å². The highest BCUT2D eigenvalue weighted by atomic mass is 16.5. The van der Waals surface area contributed by atoms with Crippen molar-refractivity contribution in [3.8, 4) is 0 Å². The fourth-order valence-corrected chi connectivity index (χ4v) is 2.70. The van der Waals surface area contributed by atoms with E-state index in [1.54, 1.807) is 0 Å². The smallest absolute Gasteiger partial charge is 0.325 e. The summed E-state index contributed by atoms with van der Waals surface area (Å²) in [4.78, 5) is 11.6. The molecule has 2 aromatic rings. The monoisotopic (exact) mass is 274 g/mol. The lowest BCUT2D eigenvalue weighted by Gasteiger charge is -2.07. The molecule has 0 aliphatic carbocycles. The molecule has 1 aromatic carbocycles. The molecule has 0 bridgehead atoms. The van der Waals surface area contributed by atoms with E-state index in [4.69, 9.17) is 10.5 Å². The molecule has 0 radical (unpaired) electrons. The Morgan fingerprint density at radius 1 is 1.30 bits per heavy atom. The number of nitrogens with zero attached hydrogens (tertiary/aromatic N) is 1. The van der Waals surface area contributed by atoms with Gasteiger partial charge in [0, 0.05) is 11.6 Å². The van der Waals surface area contributed by atoms with E-state index < -0.39 is 0 Å². The van der Waals surface area contributed by atoms with Gasteiger partial charge in [-0.3, -0.25) is 4.79 Å². The number of fused-ring (bicyclic) bond motifs is 1. The van der Waals surface area contributed by atoms with Crippen LogP contribution < -0.4 is 5.73 Å². The summed E-state index contributed by atoms with van der Waals surface area (Å²) < 4.78 is 6.78. The molecular formula is C16H22N2O2. The minimum Gasteiger partial charge on any atom is -0.468 e. The van der Waals surface area contributed by atoms with Gasteiger partial charge in [-0.2, -0.15) is 0 Å². The number of aromatic nitrogens is 1. The lowest BCUT2D eigenvalue weighted by atomic mass is 10.0. The maximum absolute atomic E-state index is 11.6. The fourth-order valence-electron chi connectivity index (χ4n) is 2.70. The van der Waals surface area contributed by atoms with E-state index in [9.17, 15) is 4.79 Å². The summed E-state index contributed by atoms with van der Waals surface area (Å²) in [6.45, 7) is 5.10. The number of rotatable bonds is 5. The van der Waals surface area contributed by atoms with Gasteiger partial charge in [-0.15, -0.1) is 0 Å². The lowest BCUT2D eigenvalue weighted by Crippen LogP contribution is -2.11. The van der Waals surface area contributed by atoms with Gasteiger partial charge >= 0.3 is 5.97 Å². The van der Waals surface area contributed by atoms with Crippen molar-refractivity contribution in [1.82, 2.24) is 4.57 Å². The molecule has 0 saturated heterocycles. The molecule has 1 aromatic heterocycles. The van der Waals surface area contributed by atoms with Gasteiger partial charge in [0.05, 0.1) is 12.6 Å². The van der Waals surface area contributed by atoms with Crippen LogP contribution in [0.25, 0.3) is 10.9 Å². The fraction of sp³-hybridized carbons (Fsp3) is 0.438. The van der Waals surface area contributed by atoms with Crippen molar-refractivity contribution in [3.63, 3.8) is 0 Å². The molecule has 0 atom stereocenters. The second-order valence-corrected chi connectivity index (χ2v) is 5.17. The molecule has 108 valence electrons. The van der Waals surface area contributed by atoms with Crippen molar-refractivity contribution in [2.45, 2.75) is 33.2 Å². The number of ether oxygens (including phenoxy) is 1. The molecular weight excluding hydrogens is 252 g/mol. The first-order valence-corrected chi connectivity index (χ1v) is 6.93. The van der Waals surface area contributed by atoms with Crippen LogP contribution in [0.15, 0.2) is 18.3 Å². The third-order valence-corrected chi connectivity index (χ3v) is 3.69. The van der Waals surface area contributed by atoms with Gasteiger partial charge < -0.3 is 15.0 Å². The molecule has 4 nitrogen and oxygen atoms in total. The van der Waals surface area contributed by atoms with Crippen LogP contribution in [-0.2, 0) is 22.5 Å². The van der Waals surface area contributed by atoms with E-state index in [2.05, 4.69) is 32.2 Å². The maximum Gasteiger partial charge on any atom is 0.325 e. The molecule has 0 unspecified atom stereocenters. The number of methoxy groups -OCH3 is 1. The number of nitrogens with two attached hydrogens (primary N) is 1. The van der Waals surface area contributed by atoms with Crippen LogP contribution in [-0.4, -0.2) is 24.2 Å². The first-order chi connectivity index (χ1) is 9.58. The highest BCUT2D eigenvalue weighted by Crippen LogP contribution is 2.28. The maximum atomic E-state index is 11.6. The number of aryl methyl sites for hydroxylation is 3. The zero-order valence-corrected chi connectivity index (χ0v) is 12.4. The first-order valence-electron chi connectivity index (χ1n) is 6.93. The number of hydrogen-bond acceptors (Lipinski definition) is 3. The standard InChI is InChI=1S/C16H22N2O2/c1-11-6-7-12(2)16-15(11)13(5-4-8-17)9-18(16)10-14(19)20-3/h6-7,9H,4-5,8,10,17H2,1-3H3. The average Bonchev–Trinajstić information content (AvgIpc) is 2.80. The van der Waals surface area contributed by atoms with Crippen LogP contribution >= 0.6 is 0 Å². The summed E-state index contributed by atoms with van der Waals surface area (Å²) in [7, 11) is 1.42. The molecule has 0 aliphatic heterocycles. The zero-order chi connectivity index (χ0) is 14.7. The Balaban J connectivity index is 2.57. The van der Waals surface area contributed by atoms with Crippen LogP contribution in [0.4, 0.5) is 0 Å². The van der Waals surface area contributed by atoms with Crippen LogP contribution in [0.1, 0.15) is 23.1 Å². The van der Waals surface area contributed by atoms with E-state index in [1.807, 2.05) is 4.57 Å². The van der Waals surface area contributed by atoms with Crippen molar-refractivity contribution in [2.75, 3.05) is 13.7 Å². The largest absolute Gasteiger partial charge is 0.468 e. The Labute approximate surface area is 119 Å². The molecule has 0 aliphatic rings. The van der Waals surface area contributed by atoms with E-state index >= 15 is 0 Å². The van der Waals surface area contributed by atoms with Gasteiger partial charge in [-0.1, -0.05) is 12.1 Å². The average molecular weight is 274 g/mol. The summed E-state index contributed by atoms with van der Waals surface area (Å²) in [5.74, 6) is -0.229. The molecule has 0 amide bonds. The summed E-state index contributed by atoms with van der Waals surface area (Å²) in [5, 5.41) is 1.25. The highest BCUT2D eigenvalue weighted by molar-refractivity contribution is 5.90. The molecule has 0 saturated carbocycles. The minimum atomic E-state index is -0.229. The Morgan fingerprint density at radius 2 is 2.00 bits per heavy atom. The van der Waals surface area contributed by atoms with Crippen molar-refractivity contribution in [3.05, 3.63) is 35.0 Å². The SMILES string of the molecule is COC(=O)Cn1cc(CCCN)c2c(C)ccc(C)c21. The number of benzene rings is 1. The second kappa shape index (κ2) is 6.09. The Bertz CT molecular complexity index is 629. The summed E-state index contributed by atoms with van der Waals surface area (Å²) in [5.41, 5.74) is 10.4. The molecule has 2 N–H and O–H groups in total. The van der Waals surface area contributed by atoms with Gasteiger partial charge in [-0.05, 0) is 49.9 Å². The molecule has 0 spiro atoms. The molecule has 20 heavy (non-hydrogen) atoms. The minimum absolute atomic E-state index is 0.229. The first kappa shape index (κ1) is 14.6. The molecule has 2 rings (SSSR count). The van der Waals surface area contributed by atoms with E-state index in [-0.39, 0.29) is 12.5 Å². The second-order valence-electron chi connectivity index (χ2n) is 5.17. The van der Waals surface area contributed by atoms with Crippen molar-refractivity contribution >= 4 is 16.9 Å². The van der Waals surface area contributed by atoms with Crippen molar-refractivity contribution in [1.29, 1.82) is 0 Å². The quantitative estimate of drug-likeness (QED) is 0.851. The normalized spacial score (nSPS) is 11.0. The highest BCUT2D eigenvalue weighted by Gasteiger charge is 2.14. The van der Waals surface area contributed by atoms with Crippen LogP contribution in [0.5, 0.6) is 0 Å². The van der Waals surface area contributed by atoms with E-state index in [1.165, 1.54) is 29.2 Å². The summed E-state index contributed by atoms with van der Waals surface area (Å²) >= 11 is 0. The Kier molecular flexibility index (Phi) is 4.45. The van der Waals surface area contributed by atoms with E-state index in [0.29, 0.717) is 6.54 Å². The van der Waals surface area contributed by atoms with Gasteiger partial charge in [0.1, 0.15) is 6.54 Å². The molecule has 1 heterocycles. The lowest BCUT2D eigenvalue weighted by molar-refractivity contribution is -0.141. The predicted octanol–water partition coefficient (Wildman–Crippen LogP) is 2.32. The number of esters is 1. The van der Waals surface area contributed by atoms with Crippen LogP contribution in [0.2, 0.25) is 0 Å². The number of carbonyl (C=O) groups excluding carboxylic acids is 1. The van der Waals surface area contributed by atoms with Crippen molar-refractivity contribution in [2.24, 2.45) is 5.73 Å². The zero-order valence-electron chi connectivity index (χ0n) is 12.4. The van der Waals surface area contributed by atoms with Crippen molar-refractivity contribution < 1.29 is 9.53 Å². The Morgan fingerprint density at radius 3 is 2.65 bits per heavy atom.